The topological polar surface area (TPSA) is 125 Å². The van der Waals surface area contributed by atoms with Crippen LogP contribution in [0.25, 0.3) is 6.08 Å². The molecular weight excluding hydrogens is 402 g/mol. The summed E-state index contributed by atoms with van der Waals surface area (Å²) in [6, 6.07) is 14.7. The first kappa shape index (κ1) is 22.6. The molecule has 5 atom stereocenters. The van der Waals surface area contributed by atoms with E-state index < -0.39 is 43.2 Å². The molecule has 2 aromatic rings. The lowest BCUT2D eigenvalue weighted by Crippen LogP contribution is -2.65. The first-order chi connectivity index (χ1) is 14.9. The molecule has 1 heterocycles. The molecule has 1 aliphatic heterocycles. The number of aliphatic hydroxyl groups excluding tert-OH is 3. The Hall–Kier alpha value is -3.04. The third kappa shape index (κ3) is 5.77. The molecule has 0 spiro atoms. The Kier molecular flexibility index (Phi) is 7.54. The molecular formula is C23H25NO7. The molecule has 0 aliphatic carbocycles. The van der Waals surface area contributed by atoms with Gasteiger partial charge in [-0.3, -0.25) is 9.59 Å². The summed E-state index contributed by atoms with van der Waals surface area (Å²) >= 11 is 0. The van der Waals surface area contributed by atoms with Crippen molar-refractivity contribution in [1.82, 2.24) is 5.32 Å². The van der Waals surface area contributed by atoms with Crippen LogP contribution in [0.3, 0.4) is 0 Å². The second kappa shape index (κ2) is 10.3. The third-order valence-electron chi connectivity index (χ3n) is 4.87. The van der Waals surface area contributed by atoms with Gasteiger partial charge in [0, 0.05) is 12.5 Å². The monoisotopic (exact) mass is 427 g/mol. The minimum absolute atomic E-state index is 0.181. The van der Waals surface area contributed by atoms with Gasteiger partial charge in [0.1, 0.15) is 30.1 Å². The van der Waals surface area contributed by atoms with Crippen LogP contribution in [0.4, 0.5) is 0 Å². The zero-order valence-corrected chi connectivity index (χ0v) is 16.9. The fourth-order valence-electron chi connectivity index (χ4n) is 3.24. The predicted octanol–water partition coefficient (Wildman–Crippen LogP) is 0.905. The SMILES string of the molecule is CC(=O)N[C@H]1[C@H](Oc2ccc(C(=O)/C=C/c3ccccc3)cc2)O[C@H](CO)[C@@H](O)[C@@H]1O. The lowest BCUT2D eigenvalue weighted by Gasteiger charge is -2.42. The number of carbonyl (C=O) groups is 2. The average Bonchev–Trinajstić information content (AvgIpc) is 2.78. The fourth-order valence-corrected chi connectivity index (χ4v) is 3.24. The Morgan fingerprint density at radius 1 is 1.06 bits per heavy atom. The van der Waals surface area contributed by atoms with Crippen LogP contribution in [-0.2, 0) is 9.53 Å². The van der Waals surface area contributed by atoms with Crippen molar-refractivity contribution in [1.29, 1.82) is 0 Å². The normalized spacial score (nSPS) is 25.9. The number of hydrogen-bond acceptors (Lipinski definition) is 7. The van der Waals surface area contributed by atoms with Crippen LogP contribution in [0.15, 0.2) is 60.7 Å². The van der Waals surface area contributed by atoms with Crippen molar-refractivity contribution in [2.45, 2.75) is 37.6 Å². The number of aliphatic hydroxyl groups is 3. The van der Waals surface area contributed by atoms with Crippen LogP contribution in [0.5, 0.6) is 5.75 Å². The van der Waals surface area contributed by atoms with E-state index in [-0.39, 0.29) is 5.78 Å². The van der Waals surface area contributed by atoms with Gasteiger partial charge in [-0.1, -0.05) is 36.4 Å². The number of allylic oxidation sites excluding steroid dienone is 1. The van der Waals surface area contributed by atoms with E-state index in [1.807, 2.05) is 30.3 Å². The van der Waals surface area contributed by atoms with Gasteiger partial charge in [-0.2, -0.15) is 0 Å². The number of nitrogens with one attached hydrogen (secondary N) is 1. The highest BCUT2D eigenvalue weighted by atomic mass is 16.7. The molecule has 31 heavy (non-hydrogen) atoms. The largest absolute Gasteiger partial charge is 0.463 e. The van der Waals surface area contributed by atoms with E-state index in [9.17, 15) is 24.9 Å². The highest BCUT2D eigenvalue weighted by Gasteiger charge is 2.46. The standard InChI is InChI=1S/C23H25NO7/c1-14(26)24-20-22(29)21(28)19(13-25)31-23(20)30-17-10-8-16(9-11-17)18(27)12-7-15-5-3-2-4-6-15/h2-12,19-23,25,28-29H,13H2,1H3,(H,24,26)/b12-7+/t19-,20-,21-,22-,23-/m1/s1. The maximum atomic E-state index is 12.4. The van der Waals surface area contributed by atoms with Crippen molar-refractivity contribution in [3.05, 3.63) is 71.8 Å². The minimum Gasteiger partial charge on any atom is -0.463 e. The number of hydrogen-bond donors (Lipinski definition) is 4. The van der Waals surface area contributed by atoms with Gasteiger partial charge in [0.2, 0.25) is 12.2 Å². The van der Waals surface area contributed by atoms with Gasteiger partial charge in [0.05, 0.1) is 6.61 Å². The summed E-state index contributed by atoms with van der Waals surface area (Å²) in [6.07, 6.45) is -1.82. The number of amides is 1. The molecule has 4 N–H and O–H groups in total. The Balaban J connectivity index is 1.70. The molecule has 164 valence electrons. The van der Waals surface area contributed by atoms with E-state index in [1.54, 1.807) is 30.3 Å². The molecule has 8 heteroatoms. The summed E-state index contributed by atoms with van der Waals surface area (Å²) in [4.78, 5) is 23.9. The van der Waals surface area contributed by atoms with Gasteiger partial charge in [-0.05, 0) is 35.9 Å². The summed E-state index contributed by atoms with van der Waals surface area (Å²) in [5, 5.41) is 32.2. The van der Waals surface area contributed by atoms with Crippen molar-refractivity contribution in [2.24, 2.45) is 0 Å². The van der Waals surface area contributed by atoms with Gasteiger partial charge in [-0.15, -0.1) is 0 Å². The summed E-state index contributed by atoms with van der Waals surface area (Å²) in [6.45, 7) is 0.726. The number of rotatable bonds is 7. The number of carbonyl (C=O) groups excluding carboxylic acids is 2. The highest BCUT2D eigenvalue weighted by molar-refractivity contribution is 6.06. The Labute approximate surface area is 179 Å². The van der Waals surface area contributed by atoms with Gasteiger partial charge >= 0.3 is 0 Å². The van der Waals surface area contributed by atoms with Gasteiger partial charge in [0.25, 0.3) is 0 Å². The molecule has 0 aromatic heterocycles. The fraction of sp³-hybridized carbons (Fsp3) is 0.304. The van der Waals surface area contributed by atoms with Crippen molar-refractivity contribution in [3.63, 3.8) is 0 Å². The lowest BCUT2D eigenvalue weighted by atomic mass is 9.97. The smallest absolute Gasteiger partial charge is 0.223 e. The zero-order chi connectivity index (χ0) is 22.4. The second-order valence-corrected chi connectivity index (χ2v) is 7.18. The number of ketones is 1. The van der Waals surface area contributed by atoms with Crippen LogP contribution < -0.4 is 10.1 Å². The Morgan fingerprint density at radius 3 is 2.35 bits per heavy atom. The maximum absolute atomic E-state index is 12.4. The van der Waals surface area contributed by atoms with E-state index >= 15 is 0 Å². The first-order valence-corrected chi connectivity index (χ1v) is 9.83. The van der Waals surface area contributed by atoms with E-state index in [4.69, 9.17) is 9.47 Å². The quantitative estimate of drug-likeness (QED) is 0.382. The highest BCUT2D eigenvalue weighted by Crippen LogP contribution is 2.25. The van der Waals surface area contributed by atoms with E-state index in [0.29, 0.717) is 11.3 Å². The number of benzene rings is 2. The second-order valence-electron chi connectivity index (χ2n) is 7.18. The lowest BCUT2D eigenvalue weighted by molar-refractivity contribution is -0.244. The summed E-state index contributed by atoms with van der Waals surface area (Å²) < 4.78 is 11.3. The van der Waals surface area contributed by atoms with E-state index in [2.05, 4.69) is 5.32 Å². The summed E-state index contributed by atoms with van der Waals surface area (Å²) in [5.41, 5.74) is 1.36. The van der Waals surface area contributed by atoms with Gasteiger partial charge < -0.3 is 30.1 Å². The molecule has 1 aliphatic rings. The van der Waals surface area contributed by atoms with Crippen LogP contribution >= 0.6 is 0 Å². The van der Waals surface area contributed by atoms with Gasteiger partial charge in [0.15, 0.2) is 5.78 Å². The van der Waals surface area contributed by atoms with Crippen molar-refractivity contribution in [3.8, 4) is 5.75 Å². The van der Waals surface area contributed by atoms with Crippen molar-refractivity contribution in [2.75, 3.05) is 6.61 Å². The first-order valence-electron chi connectivity index (χ1n) is 9.83. The van der Waals surface area contributed by atoms with E-state index in [0.717, 1.165) is 5.56 Å². The zero-order valence-electron chi connectivity index (χ0n) is 16.9. The molecule has 1 saturated heterocycles. The molecule has 1 amide bonds. The van der Waals surface area contributed by atoms with Crippen LogP contribution in [0, 0.1) is 0 Å². The molecule has 0 unspecified atom stereocenters. The van der Waals surface area contributed by atoms with Gasteiger partial charge in [-0.25, -0.2) is 0 Å². The molecule has 2 aromatic carbocycles. The Morgan fingerprint density at radius 2 is 1.74 bits per heavy atom. The molecule has 0 bridgehead atoms. The van der Waals surface area contributed by atoms with Crippen molar-refractivity contribution < 1.29 is 34.4 Å². The predicted molar refractivity (Wildman–Crippen MR) is 112 cm³/mol. The van der Waals surface area contributed by atoms with Crippen LogP contribution in [0.2, 0.25) is 0 Å². The average molecular weight is 427 g/mol. The maximum Gasteiger partial charge on any atom is 0.223 e. The van der Waals surface area contributed by atoms with Crippen molar-refractivity contribution >= 4 is 17.8 Å². The third-order valence-corrected chi connectivity index (χ3v) is 4.87. The summed E-state index contributed by atoms with van der Waals surface area (Å²) in [5.74, 6) is -0.300. The molecule has 3 rings (SSSR count). The molecule has 8 nitrogen and oxygen atoms in total. The number of ether oxygens (including phenoxy) is 2. The Bertz CT molecular complexity index is 913. The van der Waals surface area contributed by atoms with E-state index in [1.165, 1.54) is 13.0 Å². The van der Waals surface area contributed by atoms with Crippen LogP contribution in [0.1, 0.15) is 22.8 Å². The summed E-state index contributed by atoms with van der Waals surface area (Å²) in [7, 11) is 0. The molecule has 1 fully saturated rings. The van der Waals surface area contributed by atoms with Crippen LogP contribution in [-0.4, -0.2) is 64.3 Å². The molecule has 0 saturated carbocycles. The minimum atomic E-state index is -1.40. The molecule has 0 radical (unpaired) electrons.